The molecular weight excluding hydrogens is 350 g/mol. The number of nitrogens with one attached hydrogen (secondary N) is 2. The Hall–Kier alpha value is -2.95. The minimum absolute atomic E-state index is 0.00427. The van der Waals surface area contributed by atoms with Gasteiger partial charge >= 0.3 is 0 Å². The van der Waals surface area contributed by atoms with Crippen molar-refractivity contribution in [1.29, 1.82) is 0 Å². The number of anilines is 2. The zero-order chi connectivity index (χ0) is 19.9. The van der Waals surface area contributed by atoms with E-state index in [9.17, 15) is 9.59 Å². The average Bonchev–Trinajstić information content (AvgIpc) is 2.81. The van der Waals surface area contributed by atoms with E-state index in [1.165, 1.54) is 0 Å². The molecule has 2 aromatic rings. The Kier molecular flexibility index (Phi) is 4.53. The van der Waals surface area contributed by atoms with Crippen molar-refractivity contribution in [2.75, 3.05) is 10.2 Å². The van der Waals surface area contributed by atoms with Crippen molar-refractivity contribution in [2.24, 2.45) is 11.3 Å². The molecule has 1 aromatic heterocycles. The smallest absolute Gasteiger partial charge is 0.227 e. The van der Waals surface area contributed by atoms with Crippen LogP contribution < -0.4 is 15.2 Å². The molecule has 2 heterocycles. The molecule has 0 radical (unpaired) electrons. The maximum absolute atomic E-state index is 13.4. The summed E-state index contributed by atoms with van der Waals surface area (Å²) in [6.07, 6.45) is 4.82. The number of aromatic amines is 1. The maximum Gasteiger partial charge on any atom is 0.227 e. The Balaban J connectivity index is 2.00. The lowest BCUT2D eigenvalue weighted by Crippen LogP contribution is -2.45. The SMILES string of the molecule is CCC(=O)N1c2ccccc2NC2=CC(C)(C)CC(=O)C2C1c1cccc[nH+]1. The Morgan fingerprint density at radius 1 is 1.21 bits per heavy atom. The van der Waals surface area contributed by atoms with Gasteiger partial charge in [-0.1, -0.05) is 45.0 Å². The molecule has 5 heteroatoms. The molecule has 2 unspecified atom stereocenters. The van der Waals surface area contributed by atoms with Crippen molar-refractivity contribution in [1.82, 2.24) is 0 Å². The summed E-state index contributed by atoms with van der Waals surface area (Å²) < 4.78 is 0. The fourth-order valence-corrected chi connectivity index (χ4v) is 4.37. The van der Waals surface area contributed by atoms with Crippen LogP contribution in [0.3, 0.4) is 0 Å². The van der Waals surface area contributed by atoms with Gasteiger partial charge in [0.2, 0.25) is 11.6 Å². The summed E-state index contributed by atoms with van der Waals surface area (Å²) in [5, 5.41) is 3.49. The zero-order valence-corrected chi connectivity index (χ0v) is 16.5. The average molecular weight is 376 g/mol. The predicted molar refractivity (Wildman–Crippen MR) is 109 cm³/mol. The summed E-state index contributed by atoms with van der Waals surface area (Å²) in [7, 11) is 0. The molecule has 2 N–H and O–H groups in total. The Morgan fingerprint density at radius 3 is 2.68 bits per heavy atom. The van der Waals surface area contributed by atoms with Crippen molar-refractivity contribution in [2.45, 2.75) is 39.7 Å². The number of fused-ring (bicyclic) bond motifs is 2. The van der Waals surface area contributed by atoms with Crippen molar-refractivity contribution in [3.05, 3.63) is 66.1 Å². The molecule has 0 saturated carbocycles. The second kappa shape index (κ2) is 6.89. The van der Waals surface area contributed by atoms with Gasteiger partial charge in [-0.25, -0.2) is 4.98 Å². The number of benzene rings is 1. The number of rotatable bonds is 2. The van der Waals surface area contributed by atoms with Crippen LogP contribution in [-0.2, 0) is 9.59 Å². The molecule has 5 nitrogen and oxygen atoms in total. The Labute approximate surface area is 165 Å². The first-order chi connectivity index (χ1) is 13.4. The van der Waals surface area contributed by atoms with Gasteiger partial charge in [0.15, 0.2) is 6.20 Å². The van der Waals surface area contributed by atoms with E-state index < -0.39 is 12.0 Å². The van der Waals surface area contributed by atoms with Crippen LogP contribution in [0.15, 0.2) is 60.4 Å². The molecule has 0 fully saturated rings. The van der Waals surface area contributed by atoms with Gasteiger partial charge in [-0.2, -0.15) is 0 Å². The predicted octanol–water partition coefficient (Wildman–Crippen LogP) is 3.91. The highest BCUT2D eigenvalue weighted by molar-refractivity contribution is 6.00. The molecule has 1 aliphatic heterocycles. The summed E-state index contributed by atoms with van der Waals surface area (Å²) in [6, 6.07) is 13.2. The van der Waals surface area contributed by atoms with E-state index in [0.29, 0.717) is 12.8 Å². The maximum atomic E-state index is 13.4. The van der Waals surface area contributed by atoms with Gasteiger partial charge in [0.05, 0.1) is 17.3 Å². The van der Waals surface area contributed by atoms with Crippen LogP contribution in [0.25, 0.3) is 0 Å². The molecule has 2 aliphatic rings. The van der Waals surface area contributed by atoms with Crippen LogP contribution in [0.5, 0.6) is 0 Å². The molecule has 1 amide bonds. The highest BCUT2D eigenvalue weighted by Gasteiger charge is 2.48. The van der Waals surface area contributed by atoms with Gasteiger partial charge < -0.3 is 5.32 Å². The fourth-order valence-electron chi connectivity index (χ4n) is 4.37. The molecular formula is C23H26N3O2+. The molecule has 4 rings (SSSR count). The number of H-pyrrole nitrogens is 1. The number of ketones is 1. The van der Waals surface area contributed by atoms with E-state index in [2.05, 4.69) is 30.2 Å². The molecule has 1 aliphatic carbocycles. The van der Waals surface area contributed by atoms with Crippen LogP contribution in [0.2, 0.25) is 0 Å². The minimum atomic E-state index is -0.436. The van der Waals surface area contributed by atoms with E-state index in [-0.39, 0.29) is 17.1 Å². The van der Waals surface area contributed by atoms with Crippen molar-refractivity contribution in [3.8, 4) is 0 Å². The second-order valence-electron chi connectivity index (χ2n) is 8.23. The summed E-state index contributed by atoms with van der Waals surface area (Å²) >= 11 is 0. The normalized spacial score (nSPS) is 23.0. The molecule has 0 saturated heterocycles. The highest BCUT2D eigenvalue weighted by atomic mass is 16.2. The van der Waals surface area contributed by atoms with Gasteiger partial charge in [-0.3, -0.25) is 14.5 Å². The monoisotopic (exact) mass is 376 g/mol. The summed E-state index contributed by atoms with van der Waals surface area (Å²) in [4.78, 5) is 31.6. The molecule has 0 bridgehead atoms. The van der Waals surface area contributed by atoms with Crippen LogP contribution in [0.4, 0.5) is 11.4 Å². The second-order valence-corrected chi connectivity index (χ2v) is 8.23. The number of pyridine rings is 1. The third-order valence-corrected chi connectivity index (χ3v) is 5.52. The first-order valence-corrected chi connectivity index (χ1v) is 9.81. The molecule has 1 aromatic carbocycles. The number of aromatic nitrogens is 1. The lowest BCUT2D eigenvalue weighted by molar-refractivity contribution is -0.393. The number of amides is 1. The molecule has 2 atom stereocenters. The number of carbonyl (C=O) groups is 2. The van der Waals surface area contributed by atoms with E-state index in [4.69, 9.17) is 0 Å². The molecule has 0 spiro atoms. The number of allylic oxidation sites excluding steroid dienone is 1. The van der Waals surface area contributed by atoms with Crippen molar-refractivity contribution < 1.29 is 14.6 Å². The van der Waals surface area contributed by atoms with E-state index in [1.807, 2.05) is 55.6 Å². The van der Waals surface area contributed by atoms with Gasteiger partial charge in [0.1, 0.15) is 11.8 Å². The number of nitrogens with zero attached hydrogens (tertiary/aromatic N) is 1. The van der Waals surface area contributed by atoms with E-state index in [0.717, 1.165) is 22.8 Å². The van der Waals surface area contributed by atoms with Crippen molar-refractivity contribution in [3.63, 3.8) is 0 Å². The molecule has 28 heavy (non-hydrogen) atoms. The fraction of sp³-hybridized carbons (Fsp3) is 0.348. The number of hydrogen-bond donors (Lipinski definition) is 1. The highest BCUT2D eigenvalue weighted by Crippen LogP contribution is 2.47. The van der Waals surface area contributed by atoms with Gasteiger partial charge in [-0.05, 0) is 17.5 Å². The number of hydrogen-bond acceptors (Lipinski definition) is 3. The number of Topliss-reactive ketones (excluding diaryl/α,β-unsaturated/α-hetero) is 1. The van der Waals surface area contributed by atoms with Gasteiger partial charge in [-0.15, -0.1) is 0 Å². The Morgan fingerprint density at radius 2 is 1.96 bits per heavy atom. The summed E-state index contributed by atoms with van der Waals surface area (Å²) in [5.74, 6) is -0.288. The Bertz CT molecular complexity index is 949. The zero-order valence-electron chi connectivity index (χ0n) is 16.5. The number of para-hydroxylation sites is 2. The quantitative estimate of drug-likeness (QED) is 0.864. The third-order valence-electron chi connectivity index (χ3n) is 5.52. The molecule has 144 valence electrons. The van der Waals surface area contributed by atoms with E-state index in [1.54, 1.807) is 4.90 Å². The van der Waals surface area contributed by atoms with Crippen molar-refractivity contribution >= 4 is 23.1 Å². The van der Waals surface area contributed by atoms with Crippen LogP contribution >= 0.6 is 0 Å². The first kappa shape index (κ1) is 18.4. The van der Waals surface area contributed by atoms with Crippen LogP contribution in [0.1, 0.15) is 45.3 Å². The standard InChI is InChI=1S/C23H25N3O2/c1-4-20(28)26-18-11-6-5-9-15(18)25-17-13-23(2,3)14-19(27)21(17)22(26)16-10-7-8-12-24-16/h5-13,21-22,25H,4,14H2,1-3H3/p+1. The number of carbonyl (C=O) groups excluding carboxylic acids is 2. The topological polar surface area (TPSA) is 63.6 Å². The van der Waals surface area contributed by atoms with E-state index >= 15 is 0 Å². The lowest BCUT2D eigenvalue weighted by Gasteiger charge is -2.37. The minimum Gasteiger partial charge on any atom is -0.357 e. The summed E-state index contributed by atoms with van der Waals surface area (Å²) in [5.41, 5.74) is 3.16. The summed E-state index contributed by atoms with van der Waals surface area (Å²) in [6.45, 7) is 6.01. The largest absolute Gasteiger partial charge is 0.357 e. The van der Waals surface area contributed by atoms with Gasteiger partial charge in [0, 0.05) is 30.7 Å². The van der Waals surface area contributed by atoms with Crippen LogP contribution in [0, 0.1) is 11.3 Å². The van der Waals surface area contributed by atoms with Crippen LogP contribution in [-0.4, -0.2) is 11.7 Å². The third kappa shape index (κ3) is 3.11. The van der Waals surface area contributed by atoms with Gasteiger partial charge in [0.25, 0.3) is 0 Å². The lowest BCUT2D eigenvalue weighted by atomic mass is 9.73. The first-order valence-electron chi connectivity index (χ1n) is 9.81.